The van der Waals surface area contributed by atoms with Gasteiger partial charge in [0.2, 0.25) is 5.91 Å². The molecule has 1 aliphatic carbocycles. The molecule has 0 aromatic heterocycles. The Labute approximate surface area is 107 Å². The fraction of sp³-hybridized carbons (Fsp3) is 0.533. The fourth-order valence-electron chi connectivity index (χ4n) is 4.05. The third-order valence-corrected chi connectivity index (χ3v) is 4.88. The predicted octanol–water partition coefficient (Wildman–Crippen LogP) is 3.11. The molecule has 96 valence electrons. The van der Waals surface area contributed by atoms with Gasteiger partial charge in [0.1, 0.15) is 5.82 Å². The number of hydrogen-bond donors (Lipinski definition) is 0. The first-order chi connectivity index (χ1) is 8.55. The Morgan fingerprint density at radius 2 is 2.06 bits per heavy atom. The summed E-state index contributed by atoms with van der Waals surface area (Å²) in [5.74, 6) is 0.427. The molecule has 1 fully saturated rings. The van der Waals surface area contributed by atoms with Crippen molar-refractivity contribution in [1.82, 2.24) is 0 Å². The lowest BCUT2D eigenvalue weighted by Gasteiger charge is -2.50. The molecule has 3 heteroatoms. The Balaban J connectivity index is 2.27. The van der Waals surface area contributed by atoms with Crippen molar-refractivity contribution in [1.29, 1.82) is 0 Å². The second-order valence-electron chi connectivity index (χ2n) is 5.59. The molecule has 1 spiro atoms. The molecule has 0 radical (unpaired) electrons. The number of likely N-dealkylation sites (N-methyl/N-ethyl adjacent to an activating group) is 1. The van der Waals surface area contributed by atoms with Gasteiger partial charge in [-0.15, -0.1) is 0 Å². The van der Waals surface area contributed by atoms with Gasteiger partial charge in [0.25, 0.3) is 0 Å². The number of anilines is 1. The molecule has 2 aliphatic rings. The van der Waals surface area contributed by atoms with Crippen molar-refractivity contribution in [2.24, 2.45) is 11.8 Å². The number of halogens is 1. The highest BCUT2D eigenvalue weighted by atomic mass is 19.1. The van der Waals surface area contributed by atoms with Crippen LogP contribution in [0.4, 0.5) is 10.1 Å². The summed E-state index contributed by atoms with van der Waals surface area (Å²) in [6.07, 6.45) is 1.04. The minimum absolute atomic E-state index is 0.0938. The summed E-state index contributed by atoms with van der Waals surface area (Å²) in [4.78, 5) is 14.4. The van der Waals surface area contributed by atoms with E-state index in [4.69, 9.17) is 0 Å². The number of amides is 1. The molecule has 18 heavy (non-hydrogen) atoms. The van der Waals surface area contributed by atoms with E-state index in [9.17, 15) is 9.18 Å². The first-order valence-corrected chi connectivity index (χ1v) is 6.66. The molecule has 2 nitrogen and oxygen atoms in total. The number of fused-ring (bicyclic) bond motifs is 2. The van der Waals surface area contributed by atoms with Crippen LogP contribution in [0.2, 0.25) is 0 Å². The van der Waals surface area contributed by atoms with Gasteiger partial charge in [-0.1, -0.05) is 26.0 Å². The number of hydrogen-bond acceptors (Lipinski definition) is 1. The van der Waals surface area contributed by atoms with E-state index in [1.807, 2.05) is 13.0 Å². The van der Waals surface area contributed by atoms with Gasteiger partial charge in [-0.25, -0.2) is 4.39 Å². The highest BCUT2D eigenvalue weighted by Gasteiger charge is 2.63. The van der Waals surface area contributed by atoms with Crippen LogP contribution in [-0.4, -0.2) is 12.5 Å². The first kappa shape index (κ1) is 11.7. The maximum absolute atomic E-state index is 14.1. The molecule has 1 saturated carbocycles. The first-order valence-electron chi connectivity index (χ1n) is 6.66. The number of carbonyl (C=O) groups excluding carboxylic acids is 1. The van der Waals surface area contributed by atoms with E-state index in [1.165, 1.54) is 6.07 Å². The summed E-state index contributed by atoms with van der Waals surface area (Å²) in [6, 6.07) is 5.10. The van der Waals surface area contributed by atoms with Crippen LogP contribution in [0.5, 0.6) is 0 Å². The number of benzene rings is 1. The van der Waals surface area contributed by atoms with Gasteiger partial charge in [-0.05, 0) is 36.8 Å². The summed E-state index contributed by atoms with van der Waals surface area (Å²) in [7, 11) is 0. The number of para-hydroxylation sites is 1. The van der Waals surface area contributed by atoms with Gasteiger partial charge in [0.15, 0.2) is 0 Å². The van der Waals surface area contributed by atoms with Crippen molar-refractivity contribution in [2.75, 3.05) is 11.4 Å². The van der Waals surface area contributed by atoms with E-state index < -0.39 is 5.41 Å². The van der Waals surface area contributed by atoms with Crippen LogP contribution in [-0.2, 0) is 10.2 Å². The summed E-state index contributed by atoms with van der Waals surface area (Å²) >= 11 is 0. The van der Waals surface area contributed by atoms with E-state index >= 15 is 0 Å². The van der Waals surface area contributed by atoms with Crippen LogP contribution in [0.15, 0.2) is 18.2 Å². The van der Waals surface area contributed by atoms with Crippen molar-refractivity contribution < 1.29 is 9.18 Å². The number of nitrogens with zero attached hydrogens (tertiary/aromatic N) is 1. The quantitative estimate of drug-likeness (QED) is 0.746. The standard InChI is InChI=1S/C15H18FNO/c1-4-17-13-11(6-5-7-12(13)16)15(14(17)18)9(2)8-10(15)3/h5-7,9-10H,4,8H2,1-3H3. The summed E-state index contributed by atoms with van der Waals surface area (Å²) < 4.78 is 14.1. The zero-order valence-electron chi connectivity index (χ0n) is 11.0. The van der Waals surface area contributed by atoms with Gasteiger partial charge >= 0.3 is 0 Å². The Morgan fingerprint density at radius 3 is 2.61 bits per heavy atom. The third-order valence-electron chi connectivity index (χ3n) is 4.88. The van der Waals surface area contributed by atoms with Crippen molar-refractivity contribution in [2.45, 2.75) is 32.6 Å². The van der Waals surface area contributed by atoms with E-state index in [-0.39, 0.29) is 11.7 Å². The Morgan fingerprint density at radius 1 is 1.39 bits per heavy atom. The lowest BCUT2D eigenvalue weighted by Crippen LogP contribution is -2.56. The Kier molecular flexibility index (Phi) is 2.31. The zero-order valence-corrected chi connectivity index (χ0v) is 11.0. The van der Waals surface area contributed by atoms with Gasteiger partial charge in [0, 0.05) is 6.54 Å². The molecule has 1 amide bonds. The molecular weight excluding hydrogens is 229 g/mol. The van der Waals surface area contributed by atoms with Gasteiger partial charge in [-0.2, -0.15) is 0 Å². The lowest BCUT2D eigenvalue weighted by molar-refractivity contribution is -0.133. The normalized spacial score (nSPS) is 33.8. The average Bonchev–Trinajstić information content (AvgIpc) is 2.61. The van der Waals surface area contributed by atoms with E-state index in [1.54, 1.807) is 11.0 Å². The minimum atomic E-state index is -0.465. The summed E-state index contributed by atoms with van der Waals surface area (Å²) in [5, 5.41) is 0. The highest BCUT2D eigenvalue weighted by molar-refractivity contribution is 6.09. The molecule has 0 N–H and O–H groups in total. The monoisotopic (exact) mass is 247 g/mol. The minimum Gasteiger partial charge on any atom is -0.309 e. The molecule has 0 bridgehead atoms. The van der Waals surface area contributed by atoms with Crippen LogP contribution in [0.1, 0.15) is 32.8 Å². The molecule has 1 heterocycles. The Hall–Kier alpha value is -1.38. The van der Waals surface area contributed by atoms with Crippen LogP contribution < -0.4 is 4.90 Å². The van der Waals surface area contributed by atoms with Crippen molar-refractivity contribution in [3.8, 4) is 0 Å². The molecular formula is C15H18FNO. The maximum Gasteiger partial charge on any atom is 0.238 e. The molecule has 3 rings (SSSR count). The molecule has 0 saturated heterocycles. The topological polar surface area (TPSA) is 20.3 Å². The molecule has 2 unspecified atom stereocenters. The number of carbonyl (C=O) groups is 1. The van der Waals surface area contributed by atoms with Gasteiger partial charge < -0.3 is 4.90 Å². The largest absolute Gasteiger partial charge is 0.309 e. The molecule has 1 aliphatic heterocycles. The van der Waals surface area contributed by atoms with Crippen LogP contribution in [0.25, 0.3) is 0 Å². The predicted molar refractivity (Wildman–Crippen MR) is 69.1 cm³/mol. The summed E-state index contributed by atoms with van der Waals surface area (Å²) in [6.45, 7) is 6.65. The molecule has 1 aromatic carbocycles. The smallest absolute Gasteiger partial charge is 0.238 e. The van der Waals surface area contributed by atoms with Crippen LogP contribution in [0, 0.1) is 17.7 Å². The number of rotatable bonds is 1. The lowest BCUT2D eigenvalue weighted by atomic mass is 9.51. The maximum atomic E-state index is 14.1. The van der Waals surface area contributed by atoms with E-state index in [0.717, 1.165) is 12.0 Å². The third kappa shape index (κ3) is 1.06. The van der Waals surface area contributed by atoms with Gasteiger partial charge in [-0.3, -0.25) is 4.79 Å². The van der Waals surface area contributed by atoms with Crippen molar-refractivity contribution >= 4 is 11.6 Å². The highest BCUT2D eigenvalue weighted by Crippen LogP contribution is 2.60. The van der Waals surface area contributed by atoms with Crippen LogP contribution in [0.3, 0.4) is 0 Å². The van der Waals surface area contributed by atoms with Crippen molar-refractivity contribution in [3.05, 3.63) is 29.6 Å². The van der Waals surface area contributed by atoms with E-state index in [2.05, 4.69) is 13.8 Å². The average molecular weight is 247 g/mol. The molecule has 1 aromatic rings. The fourth-order valence-corrected chi connectivity index (χ4v) is 4.05. The summed E-state index contributed by atoms with van der Waals surface area (Å²) in [5.41, 5.74) is 0.956. The SMILES string of the molecule is CCN1C(=O)C2(c3cccc(F)c31)C(C)CC2C. The zero-order chi connectivity index (χ0) is 13.1. The van der Waals surface area contributed by atoms with Gasteiger partial charge in [0.05, 0.1) is 11.1 Å². The second kappa shape index (κ2) is 3.56. The Bertz CT molecular complexity index is 517. The molecule has 2 atom stereocenters. The second-order valence-corrected chi connectivity index (χ2v) is 5.59. The van der Waals surface area contributed by atoms with E-state index in [0.29, 0.717) is 24.1 Å². The van der Waals surface area contributed by atoms with Crippen LogP contribution >= 0.6 is 0 Å². The van der Waals surface area contributed by atoms with Crippen molar-refractivity contribution in [3.63, 3.8) is 0 Å².